The number of hydrogen-bond donors (Lipinski definition) is 1. The van der Waals surface area contributed by atoms with Crippen molar-refractivity contribution in [2.75, 3.05) is 19.6 Å². The molecule has 0 aliphatic carbocycles. The lowest BCUT2D eigenvalue weighted by Crippen LogP contribution is -2.45. The van der Waals surface area contributed by atoms with Crippen molar-refractivity contribution in [3.8, 4) is 0 Å². The lowest BCUT2D eigenvalue weighted by atomic mass is 9.97. The Labute approximate surface area is 159 Å². The van der Waals surface area contributed by atoms with Gasteiger partial charge in [0.05, 0.1) is 5.92 Å². The van der Waals surface area contributed by atoms with Crippen molar-refractivity contribution in [3.05, 3.63) is 41.5 Å². The number of likely N-dealkylation sites (tertiary alicyclic amines) is 1. The smallest absolute Gasteiger partial charge is 0.246 e. The molecule has 1 heterocycles. The van der Waals surface area contributed by atoms with Gasteiger partial charge in [-0.15, -0.1) is 0 Å². The van der Waals surface area contributed by atoms with Gasteiger partial charge in [-0.1, -0.05) is 32.3 Å². The highest BCUT2D eigenvalue weighted by Crippen LogP contribution is 2.18. The van der Waals surface area contributed by atoms with Crippen LogP contribution in [0.5, 0.6) is 0 Å². The number of benzene rings is 1. The Bertz CT molecular complexity index is 656. The molecular weight excluding hydrogens is 350 g/mol. The summed E-state index contributed by atoms with van der Waals surface area (Å²) in [4.78, 5) is 26.2. The average Bonchev–Trinajstić information content (AvgIpc) is 2.67. The van der Waals surface area contributed by atoms with Crippen LogP contribution in [0.2, 0.25) is 0 Å². The number of nitrogens with zero attached hydrogens (tertiary/aromatic N) is 1. The van der Waals surface area contributed by atoms with E-state index in [1.165, 1.54) is 12.1 Å². The summed E-state index contributed by atoms with van der Waals surface area (Å²) in [6.07, 6.45) is 8.19. The van der Waals surface area contributed by atoms with Crippen LogP contribution in [0.3, 0.4) is 0 Å². The molecule has 2 amide bonds. The summed E-state index contributed by atoms with van der Waals surface area (Å²) < 4.78 is 27.3. The molecule has 0 saturated carbocycles. The molecule has 1 N–H and O–H groups in total. The van der Waals surface area contributed by atoms with E-state index in [1.807, 2.05) is 0 Å². The molecule has 1 fully saturated rings. The van der Waals surface area contributed by atoms with Gasteiger partial charge in [-0.25, -0.2) is 8.78 Å². The van der Waals surface area contributed by atoms with Crippen LogP contribution < -0.4 is 5.32 Å². The van der Waals surface area contributed by atoms with E-state index in [-0.39, 0.29) is 23.3 Å². The molecule has 1 aromatic carbocycles. The fraction of sp³-hybridized carbons (Fsp3) is 0.524. The first kappa shape index (κ1) is 21.1. The molecule has 1 aliphatic heterocycles. The molecule has 4 nitrogen and oxygen atoms in total. The molecule has 0 radical (unpaired) electrons. The minimum absolute atomic E-state index is 0.0203. The number of halogens is 2. The summed E-state index contributed by atoms with van der Waals surface area (Å²) in [5.74, 6) is -2.00. The van der Waals surface area contributed by atoms with Crippen molar-refractivity contribution in [3.63, 3.8) is 0 Å². The SMILES string of the molecule is CCCCCCNC(=O)C1CCCN(C(=O)/C=C/c2c(F)cccc2F)C1. The van der Waals surface area contributed by atoms with Gasteiger partial charge in [0.1, 0.15) is 11.6 Å². The average molecular weight is 378 g/mol. The number of rotatable bonds is 8. The fourth-order valence-corrected chi connectivity index (χ4v) is 3.23. The van der Waals surface area contributed by atoms with Gasteiger partial charge in [0.15, 0.2) is 0 Å². The second-order valence-electron chi connectivity index (χ2n) is 6.94. The van der Waals surface area contributed by atoms with E-state index in [1.54, 1.807) is 4.90 Å². The third-order valence-electron chi connectivity index (χ3n) is 4.83. The summed E-state index contributed by atoms with van der Waals surface area (Å²) in [6.45, 7) is 3.68. The maximum Gasteiger partial charge on any atom is 0.246 e. The summed E-state index contributed by atoms with van der Waals surface area (Å²) >= 11 is 0. The van der Waals surface area contributed by atoms with Gasteiger partial charge in [-0.2, -0.15) is 0 Å². The molecular formula is C21H28F2N2O2. The molecule has 0 aromatic heterocycles. The van der Waals surface area contributed by atoms with E-state index in [0.717, 1.165) is 56.7 Å². The zero-order valence-corrected chi connectivity index (χ0v) is 15.8. The molecule has 1 aromatic rings. The summed E-state index contributed by atoms with van der Waals surface area (Å²) in [5.41, 5.74) is -0.232. The fourth-order valence-electron chi connectivity index (χ4n) is 3.23. The predicted molar refractivity (Wildman–Crippen MR) is 102 cm³/mol. The Hall–Kier alpha value is -2.24. The van der Waals surface area contributed by atoms with Gasteiger partial charge in [-0.3, -0.25) is 9.59 Å². The summed E-state index contributed by atoms with van der Waals surface area (Å²) in [7, 11) is 0. The Balaban J connectivity index is 1.86. The largest absolute Gasteiger partial charge is 0.356 e. The minimum Gasteiger partial charge on any atom is -0.356 e. The van der Waals surface area contributed by atoms with Gasteiger partial charge < -0.3 is 10.2 Å². The van der Waals surface area contributed by atoms with Crippen LogP contribution in [0, 0.1) is 17.6 Å². The Kier molecular flexibility index (Phi) is 8.43. The van der Waals surface area contributed by atoms with Crippen molar-refractivity contribution in [1.82, 2.24) is 10.2 Å². The van der Waals surface area contributed by atoms with Crippen LogP contribution in [0.25, 0.3) is 6.08 Å². The molecule has 2 rings (SSSR count). The third kappa shape index (κ3) is 6.45. The van der Waals surface area contributed by atoms with Crippen LogP contribution in [-0.2, 0) is 9.59 Å². The number of carbonyl (C=O) groups is 2. The predicted octanol–water partition coefficient (Wildman–Crippen LogP) is 3.91. The van der Waals surface area contributed by atoms with Gasteiger partial charge in [0, 0.05) is 31.3 Å². The van der Waals surface area contributed by atoms with Gasteiger partial charge in [0.2, 0.25) is 11.8 Å². The van der Waals surface area contributed by atoms with Gasteiger partial charge in [0.25, 0.3) is 0 Å². The lowest BCUT2D eigenvalue weighted by molar-refractivity contribution is -0.132. The molecule has 6 heteroatoms. The highest BCUT2D eigenvalue weighted by atomic mass is 19.1. The second-order valence-corrected chi connectivity index (χ2v) is 6.94. The van der Waals surface area contributed by atoms with Crippen molar-refractivity contribution < 1.29 is 18.4 Å². The number of unbranched alkanes of at least 4 members (excludes halogenated alkanes) is 3. The van der Waals surface area contributed by atoms with Crippen LogP contribution in [0.15, 0.2) is 24.3 Å². The van der Waals surface area contributed by atoms with Crippen LogP contribution in [0.1, 0.15) is 51.0 Å². The maximum absolute atomic E-state index is 13.6. The Morgan fingerprint density at radius 3 is 2.67 bits per heavy atom. The van der Waals surface area contributed by atoms with E-state index < -0.39 is 11.6 Å². The number of nitrogens with one attached hydrogen (secondary N) is 1. The number of amides is 2. The zero-order valence-electron chi connectivity index (χ0n) is 15.8. The van der Waals surface area contributed by atoms with E-state index in [2.05, 4.69) is 12.2 Å². The normalized spacial score (nSPS) is 17.3. The van der Waals surface area contributed by atoms with Crippen LogP contribution in [0.4, 0.5) is 8.78 Å². The molecule has 148 valence electrons. The quantitative estimate of drug-likeness (QED) is 0.551. The van der Waals surface area contributed by atoms with Crippen LogP contribution in [-0.4, -0.2) is 36.3 Å². The maximum atomic E-state index is 13.6. The van der Waals surface area contributed by atoms with E-state index in [4.69, 9.17) is 0 Å². The van der Waals surface area contributed by atoms with Crippen LogP contribution >= 0.6 is 0 Å². The number of hydrogen-bond acceptors (Lipinski definition) is 2. The summed E-state index contributed by atoms with van der Waals surface area (Å²) in [6, 6.07) is 3.57. The molecule has 27 heavy (non-hydrogen) atoms. The molecule has 1 aliphatic rings. The zero-order chi connectivity index (χ0) is 19.6. The molecule has 1 atom stereocenters. The van der Waals surface area contributed by atoms with Crippen molar-refractivity contribution in [1.29, 1.82) is 0 Å². The lowest BCUT2D eigenvalue weighted by Gasteiger charge is -2.31. The Morgan fingerprint density at radius 1 is 1.22 bits per heavy atom. The topological polar surface area (TPSA) is 49.4 Å². The molecule has 0 spiro atoms. The third-order valence-corrected chi connectivity index (χ3v) is 4.83. The van der Waals surface area contributed by atoms with E-state index in [0.29, 0.717) is 19.6 Å². The number of piperidine rings is 1. The Morgan fingerprint density at radius 2 is 1.96 bits per heavy atom. The first-order valence-electron chi connectivity index (χ1n) is 9.71. The second kappa shape index (κ2) is 10.8. The van der Waals surface area contributed by atoms with Crippen molar-refractivity contribution >= 4 is 17.9 Å². The standard InChI is InChI=1S/C21H28F2N2O2/c1-2-3-4-5-13-24-21(27)16-8-7-14-25(15-16)20(26)12-11-17-18(22)9-6-10-19(17)23/h6,9-12,16H,2-5,7-8,13-15H2,1H3,(H,24,27)/b12-11+. The highest BCUT2D eigenvalue weighted by Gasteiger charge is 2.27. The first-order chi connectivity index (χ1) is 13.0. The minimum atomic E-state index is -0.710. The van der Waals surface area contributed by atoms with Crippen molar-refractivity contribution in [2.45, 2.75) is 45.4 Å². The van der Waals surface area contributed by atoms with Gasteiger partial charge in [-0.05, 0) is 37.5 Å². The molecule has 1 saturated heterocycles. The van der Waals surface area contributed by atoms with Crippen molar-refractivity contribution in [2.24, 2.45) is 5.92 Å². The van der Waals surface area contributed by atoms with E-state index >= 15 is 0 Å². The molecule has 1 unspecified atom stereocenters. The highest BCUT2D eigenvalue weighted by molar-refractivity contribution is 5.92. The van der Waals surface area contributed by atoms with Gasteiger partial charge >= 0.3 is 0 Å². The molecule has 0 bridgehead atoms. The number of carbonyl (C=O) groups excluding carboxylic acids is 2. The first-order valence-corrected chi connectivity index (χ1v) is 9.71. The van der Waals surface area contributed by atoms with E-state index in [9.17, 15) is 18.4 Å². The monoisotopic (exact) mass is 378 g/mol. The summed E-state index contributed by atoms with van der Waals surface area (Å²) in [5, 5.41) is 2.95.